The number of hydrogen-bond donors (Lipinski definition) is 0. The standard InChI is InChI=1S/C12H14N4O5S.CH3/c1-16(8-9-20-22(17,18)19)11-4-2-10(3-5-11)14-15-12-6-7-13-21-12;/h2-7H,8-9H2,1H3,(H,17,18,19);1H3/q;+1/p-1. The molecule has 0 saturated heterocycles. The van der Waals surface area contributed by atoms with Crippen LogP contribution in [0.2, 0.25) is 0 Å². The zero-order valence-corrected chi connectivity index (χ0v) is 13.4. The molecule has 0 fully saturated rings. The molecule has 0 aliphatic heterocycles. The molecule has 0 spiro atoms. The van der Waals surface area contributed by atoms with Gasteiger partial charge in [-0.25, -0.2) is 8.42 Å². The predicted molar refractivity (Wildman–Crippen MR) is 82.5 cm³/mol. The largest absolute Gasteiger partial charge is 0.726 e. The highest BCUT2D eigenvalue weighted by atomic mass is 32.3. The summed E-state index contributed by atoms with van der Waals surface area (Å²) in [6, 6.07) is 8.60. The van der Waals surface area contributed by atoms with Gasteiger partial charge in [0.1, 0.15) is 0 Å². The van der Waals surface area contributed by atoms with E-state index in [1.165, 1.54) is 6.20 Å². The Kier molecular flexibility index (Phi) is 6.69. The molecule has 124 valence electrons. The lowest BCUT2D eigenvalue weighted by molar-refractivity contribution is 0.267. The van der Waals surface area contributed by atoms with Gasteiger partial charge in [0.25, 0.3) is 5.88 Å². The van der Waals surface area contributed by atoms with Crippen molar-refractivity contribution >= 4 is 27.7 Å². The van der Waals surface area contributed by atoms with Crippen LogP contribution in [0.1, 0.15) is 0 Å². The number of likely N-dealkylation sites (N-methyl/N-ethyl adjacent to an activating group) is 1. The lowest BCUT2D eigenvalue weighted by Crippen LogP contribution is -2.23. The Hall–Kier alpha value is -2.43. The fourth-order valence-corrected chi connectivity index (χ4v) is 1.83. The monoisotopic (exact) mass is 340 g/mol. The Morgan fingerprint density at radius 2 is 1.96 bits per heavy atom. The highest BCUT2D eigenvalue weighted by Gasteiger charge is 2.03. The molecule has 2 aromatic rings. The van der Waals surface area contributed by atoms with Crippen LogP contribution in [0.15, 0.2) is 51.3 Å². The first-order valence-electron chi connectivity index (χ1n) is 6.18. The molecule has 23 heavy (non-hydrogen) atoms. The second kappa shape index (κ2) is 8.27. The molecule has 0 amide bonds. The van der Waals surface area contributed by atoms with Crippen molar-refractivity contribution in [2.45, 2.75) is 0 Å². The van der Waals surface area contributed by atoms with Gasteiger partial charge in [0.2, 0.25) is 10.4 Å². The maximum atomic E-state index is 10.3. The van der Waals surface area contributed by atoms with E-state index in [9.17, 15) is 13.0 Å². The first-order chi connectivity index (χ1) is 10.4. The zero-order chi connectivity index (χ0) is 16.0. The minimum Gasteiger partial charge on any atom is -0.726 e. The van der Waals surface area contributed by atoms with E-state index in [0.29, 0.717) is 11.6 Å². The average molecular weight is 340 g/mol. The van der Waals surface area contributed by atoms with E-state index in [0.717, 1.165) is 5.69 Å². The number of nitrogens with zero attached hydrogens (tertiary/aromatic N) is 4. The highest BCUT2D eigenvalue weighted by Crippen LogP contribution is 2.21. The predicted octanol–water partition coefficient (Wildman–Crippen LogP) is 2.45. The van der Waals surface area contributed by atoms with E-state index >= 15 is 0 Å². The summed E-state index contributed by atoms with van der Waals surface area (Å²) >= 11 is 0. The molecular weight excluding hydrogens is 324 g/mol. The minimum absolute atomic E-state index is 0. The Balaban J connectivity index is 0.00000264. The summed E-state index contributed by atoms with van der Waals surface area (Å²) in [4.78, 5) is 1.74. The van der Waals surface area contributed by atoms with Crippen LogP contribution >= 0.6 is 0 Å². The number of benzene rings is 1. The van der Waals surface area contributed by atoms with Gasteiger partial charge in [0, 0.05) is 32.8 Å². The van der Waals surface area contributed by atoms with Gasteiger partial charge in [-0.2, -0.15) is 0 Å². The van der Waals surface area contributed by atoms with Crippen LogP contribution in [0.4, 0.5) is 17.3 Å². The summed E-state index contributed by atoms with van der Waals surface area (Å²) < 4.78 is 39.9. The SMILES string of the molecule is CN(CCOS(=O)(=O)[O-])c1ccc(N=Nc2ccno2)cc1.[CH3+]. The van der Waals surface area contributed by atoms with Crippen molar-refractivity contribution in [3.8, 4) is 0 Å². The molecule has 0 bridgehead atoms. The van der Waals surface area contributed by atoms with Crippen LogP contribution in [0.5, 0.6) is 0 Å². The quantitative estimate of drug-likeness (QED) is 0.328. The van der Waals surface area contributed by atoms with Gasteiger partial charge in [0.05, 0.1) is 18.5 Å². The summed E-state index contributed by atoms with van der Waals surface area (Å²) in [5.41, 5.74) is 1.43. The highest BCUT2D eigenvalue weighted by molar-refractivity contribution is 7.80. The van der Waals surface area contributed by atoms with E-state index in [-0.39, 0.29) is 20.6 Å². The molecular formula is C13H16N4O5S. The summed E-state index contributed by atoms with van der Waals surface area (Å²) in [6.45, 7) is 0.0374. The van der Waals surface area contributed by atoms with Gasteiger partial charge in [-0.1, -0.05) is 5.16 Å². The van der Waals surface area contributed by atoms with Crippen LogP contribution in [-0.2, 0) is 14.6 Å². The minimum atomic E-state index is -4.66. The molecule has 0 aliphatic carbocycles. The van der Waals surface area contributed by atoms with Crippen molar-refractivity contribution in [2.24, 2.45) is 10.2 Å². The number of rotatable bonds is 7. The molecule has 0 radical (unpaired) electrons. The molecule has 9 nitrogen and oxygen atoms in total. The average Bonchev–Trinajstić information content (AvgIpc) is 2.97. The zero-order valence-electron chi connectivity index (χ0n) is 12.6. The van der Waals surface area contributed by atoms with Crippen LogP contribution in [-0.4, -0.2) is 38.3 Å². The van der Waals surface area contributed by atoms with E-state index in [4.69, 9.17) is 4.52 Å². The van der Waals surface area contributed by atoms with Crippen molar-refractivity contribution in [3.63, 3.8) is 0 Å². The second-order valence-corrected chi connectivity index (χ2v) is 5.27. The Morgan fingerprint density at radius 3 is 2.52 bits per heavy atom. The van der Waals surface area contributed by atoms with Gasteiger partial charge in [-0.3, -0.25) is 4.18 Å². The molecule has 0 atom stereocenters. The maximum absolute atomic E-state index is 10.3. The normalized spacial score (nSPS) is 11.4. The van der Waals surface area contributed by atoms with Crippen molar-refractivity contribution in [2.75, 3.05) is 25.1 Å². The Labute approximate surface area is 134 Å². The fraction of sp³-hybridized carbons (Fsp3) is 0.231. The molecule has 0 aliphatic rings. The van der Waals surface area contributed by atoms with Crippen molar-refractivity contribution < 1.29 is 21.7 Å². The Bertz CT molecular complexity index is 713. The van der Waals surface area contributed by atoms with Crippen LogP contribution in [0.3, 0.4) is 0 Å². The van der Waals surface area contributed by atoms with Gasteiger partial charge < -0.3 is 14.0 Å². The molecule has 0 unspecified atom stereocenters. The molecule has 0 N–H and O–H groups in total. The number of hydrogen-bond acceptors (Lipinski definition) is 9. The lowest BCUT2D eigenvalue weighted by atomic mass is 10.2. The van der Waals surface area contributed by atoms with Crippen LogP contribution in [0, 0.1) is 7.43 Å². The van der Waals surface area contributed by atoms with E-state index < -0.39 is 10.4 Å². The third-order valence-corrected chi connectivity index (χ3v) is 3.09. The first-order valence-corrected chi connectivity index (χ1v) is 7.51. The van der Waals surface area contributed by atoms with Crippen molar-refractivity contribution in [3.05, 3.63) is 44.0 Å². The molecule has 1 aromatic heterocycles. The molecule has 0 saturated carbocycles. The van der Waals surface area contributed by atoms with Gasteiger partial charge in [-0.05, 0) is 24.3 Å². The second-order valence-electron chi connectivity index (χ2n) is 4.22. The summed E-state index contributed by atoms with van der Waals surface area (Å²) in [5.74, 6) is 0.303. The topological polar surface area (TPSA) is 120 Å². The number of azo groups is 1. The molecule has 2 rings (SSSR count). The van der Waals surface area contributed by atoms with Gasteiger partial charge >= 0.3 is 0 Å². The van der Waals surface area contributed by atoms with E-state index in [2.05, 4.69) is 19.6 Å². The summed E-state index contributed by atoms with van der Waals surface area (Å²) in [7, 11) is -2.91. The maximum Gasteiger partial charge on any atom is 0.269 e. The first kappa shape index (κ1) is 18.6. The number of aromatic nitrogens is 1. The Morgan fingerprint density at radius 1 is 1.26 bits per heavy atom. The molecule has 10 heteroatoms. The fourth-order valence-electron chi connectivity index (χ4n) is 1.55. The van der Waals surface area contributed by atoms with E-state index in [1.54, 1.807) is 42.3 Å². The van der Waals surface area contributed by atoms with Crippen molar-refractivity contribution in [1.29, 1.82) is 0 Å². The third-order valence-electron chi connectivity index (χ3n) is 2.63. The van der Waals surface area contributed by atoms with Crippen molar-refractivity contribution in [1.82, 2.24) is 5.16 Å². The van der Waals surface area contributed by atoms with Gasteiger partial charge in [0.15, 0.2) is 0 Å². The summed E-state index contributed by atoms with van der Waals surface area (Å²) in [5, 5.41) is 11.3. The smallest absolute Gasteiger partial charge is 0.269 e. The third kappa shape index (κ3) is 6.46. The summed E-state index contributed by atoms with van der Waals surface area (Å²) in [6.07, 6.45) is 1.47. The molecule has 1 heterocycles. The van der Waals surface area contributed by atoms with E-state index in [1.807, 2.05) is 0 Å². The molecule has 1 aromatic carbocycles. The lowest BCUT2D eigenvalue weighted by Gasteiger charge is -2.19. The number of anilines is 1. The van der Waals surface area contributed by atoms with Gasteiger partial charge in [-0.15, -0.1) is 10.2 Å². The van der Waals surface area contributed by atoms with Crippen LogP contribution < -0.4 is 4.90 Å². The van der Waals surface area contributed by atoms with Crippen LogP contribution in [0.25, 0.3) is 0 Å².